The van der Waals surface area contributed by atoms with Gasteiger partial charge >= 0.3 is 21.3 Å². The number of anilines is 1. The van der Waals surface area contributed by atoms with Crippen LogP contribution in [0.15, 0.2) is 34.4 Å². The van der Waals surface area contributed by atoms with Crippen LogP contribution in [0, 0.1) is 13.8 Å². The van der Waals surface area contributed by atoms with E-state index in [9.17, 15) is 54.0 Å². The Balaban J connectivity index is 0.00000336. The first-order valence-electron chi connectivity index (χ1n) is 15.4. The van der Waals surface area contributed by atoms with Gasteiger partial charge in [0.05, 0.1) is 37.1 Å². The van der Waals surface area contributed by atoms with Crippen molar-refractivity contribution in [2.75, 3.05) is 18.9 Å². The lowest BCUT2D eigenvalue weighted by atomic mass is 10.1. The average Bonchev–Trinajstić information content (AvgIpc) is 3.63. The minimum absolute atomic E-state index is 0. The maximum atomic E-state index is 12.5. The van der Waals surface area contributed by atoms with Crippen LogP contribution in [0.2, 0.25) is 0 Å². The zero-order valence-electron chi connectivity index (χ0n) is 28.5. The van der Waals surface area contributed by atoms with Crippen LogP contribution in [0.25, 0.3) is 33.7 Å². The number of aliphatic hydroxyl groups excluding tert-OH is 5. The highest BCUT2D eigenvalue weighted by Crippen LogP contribution is 2.60. The van der Waals surface area contributed by atoms with Gasteiger partial charge in [0.1, 0.15) is 48.5 Å². The number of nitrogen functional groups attached to an aromatic ring is 1. The number of rotatable bonds is 13. The fraction of sp³-hybridized carbons (Fsp3) is 0.444. The largest absolute Gasteiger partial charge is 0.481 e. The molecule has 55 heavy (non-hydrogen) atoms. The summed E-state index contributed by atoms with van der Waals surface area (Å²) in [5, 5.41) is 53.0. The van der Waals surface area contributed by atoms with E-state index in [4.69, 9.17) is 15.0 Å². The summed E-state index contributed by atoms with van der Waals surface area (Å²) in [5.41, 5.74) is 6.11. The number of aromatic nitrogens is 8. The predicted octanol–water partition coefficient (Wildman–Crippen LogP) is -4.07. The monoisotopic (exact) mass is 821 g/mol. The standard InChI is InChI=1S/C27H33N9O15P2.2H2O/c1-10-3-12-13(4-11(10)2)35(24-18(32-12)25(42)34-27(43)33-24)5-14(37)19(39)15(38)6-48-52(44,45)51-53(46,47)49-7-16-20(40)21(41)26(50-16)36-9-31-17-22(28)29-8-30-23(17)36;;/h3-4,8-9,14-16,19-21,26,37-41H,5-7H2,1-2H3,(H,44,45)(H,46,47)(H2,28,29,30)(H,34,42,43);2*1H2. The van der Waals surface area contributed by atoms with E-state index < -0.39 is 89.5 Å². The molecule has 302 valence electrons. The van der Waals surface area contributed by atoms with Crippen LogP contribution >= 0.6 is 15.6 Å². The van der Waals surface area contributed by atoms with Gasteiger partial charge in [0.25, 0.3) is 5.56 Å². The first kappa shape index (κ1) is 43.5. The third kappa shape index (κ3) is 8.94. The van der Waals surface area contributed by atoms with E-state index in [1.807, 2.05) is 4.98 Å². The minimum Gasteiger partial charge on any atom is -0.412 e. The molecule has 0 radical (unpaired) electrons. The maximum Gasteiger partial charge on any atom is 0.481 e. The molecule has 9 unspecified atom stereocenters. The summed E-state index contributed by atoms with van der Waals surface area (Å²) in [4.78, 5) is 66.6. The van der Waals surface area contributed by atoms with Gasteiger partial charge in [-0.15, -0.1) is 0 Å². The Morgan fingerprint density at radius 1 is 0.964 bits per heavy atom. The van der Waals surface area contributed by atoms with Crippen molar-refractivity contribution in [3.05, 3.63) is 56.8 Å². The molecule has 1 aromatic carbocycles. The Hall–Kier alpha value is -4.21. The summed E-state index contributed by atoms with van der Waals surface area (Å²) in [7, 11) is -11.0. The molecular weight excluding hydrogens is 784 g/mol. The molecule has 9 atom stereocenters. The van der Waals surface area contributed by atoms with E-state index in [-0.39, 0.29) is 45.0 Å². The van der Waals surface area contributed by atoms with Crippen molar-refractivity contribution >= 4 is 43.7 Å². The number of aryl methyl sites for hydroxylation is 2. The second kappa shape index (κ2) is 16.5. The number of nitrogens with zero attached hydrogens (tertiary/aromatic N) is 7. The number of ether oxygens (including phenoxy) is 1. The molecule has 0 aliphatic carbocycles. The summed E-state index contributed by atoms with van der Waals surface area (Å²) >= 11 is 0. The number of aliphatic hydroxyl groups is 5. The van der Waals surface area contributed by atoms with Crippen molar-refractivity contribution in [3.8, 4) is 11.5 Å². The zero-order valence-corrected chi connectivity index (χ0v) is 30.3. The number of benzene rings is 1. The lowest BCUT2D eigenvalue weighted by Crippen LogP contribution is -2.42. The predicted molar refractivity (Wildman–Crippen MR) is 184 cm³/mol. The van der Waals surface area contributed by atoms with Crippen molar-refractivity contribution in [1.82, 2.24) is 39.0 Å². The number of nitrogens with one attached hydrogen (secondary N) is 1. The fourth-order valence-electron chi connectivity index (χ4n) is 5.55. The van der Waals surface area contributed by atoms with Crippen LogP contribution in [0.1, 0.15) is 17.4 Å². The average molecular weight is 822 g/mol. The number of hydrogen-bond acceptors (Lipinski definition) is 19. The number of imidazole rings is 1. The molecule has 1 fully saturated rings. The van der Waals surface area contributed by atoms with Crippen molar-refractivity contribution in [2.24, 2.45) is 0 Å². The quantitative estimate of drug-likeness (QED) is 0.0403. The number of phosphoric acid groups is 2. The Morgan fingerprint density at radius 2 is 1.64 bits per heavy atom. The van der Waals surface area contributed by atoms with E-state index in [2.05, 4.69) is 33.8 Å². The van der Waals surface area contributed by atoms with E-state index in [1.165, 1.54) is 15.5 Å². The maximum absolute atomic E-state index is 12.5. The van der Waals surface area contributed by atoms with Crippen molar-refractivity contribution in [2.45, 2.75) is 63.2 Å². The third-order valence-electron chi connectivity index (χ3n) is 8.40. The van der Waals surface area contributed by atoms with Gasteiger partial charge in [-0.2, -0.15) is 9.29 Å². The first-order valence-corrected chi connectivity index (χ1v) is 18.4. The molecule has 6 rings (SSSR count). The number of hydrogen-bond donors (Lipinski definition) is 9. The van der Waals surface area contributed by atoms with Crippen molar-refractivity contribution in [1.29, 1.82) is 0 Å². The summed E-state index contributed by atoms with van der Waals surface area (Å²) in [6.07, 6.45) is -9.93. The van der Waals surface area contributed by atoms with Gasteiger partial charge in [0.2, 0.25) is 0 Å². The van der Waals surface area contributed by atoms with Crippen LogP contribution in [0.3, 0.4) is 0 Å². The van der Waals surface area contributed by atoms with Crippen LogP contribution in [0.5, 0.6) is 0 Å². The highest BCUT2D eigenvalue weighted by Gasteiger charge is 2.46. The zero-order chi connectivity index (χ0) is 38.6. The van der Waals surface area contributed by atoms with Gasteiger partial charge in [-0.3, -0.25) is 23.4 Å². The molecule has 26 nitrogen and oxygen atoms in total. The molecule has 3 aliphatic rings. The Bertz CT molecular complexity index is 2360. The number of aromatic amines is 1. The molecule has 14 N–H and O–H groups in total. The second-order valence-corrected chi connectivity index (χ2v) is 15.1. The van der Waals surface area contributed by atoms with E-state index >= 15 is 0 Å². The summed E-state index contributed by atoms with van der Waals surface area (Å²) in [5.74, 6) is -0.212. The molecule has 0 bridgehead atoms. The van der Waals surface area contributed by atoms with Crippen LogP contribution < -0.4 is 17.0 Å². The molecule has 1 saturated heterocycles. The molecule has 28 heteroatoms. The molecule has 3 aromatic rings. The van der Waals surface area contributed by atoms with Gasteiger partial charge < -0.3 is 61.3 Å². The van der Waals surface area contributed by atoms with Gasteiger partial charge in [-0.25, -0.2) is 33.9 Å². The van der Waals surface area contributed by atoms with Crippen LogP contribution in [0.4, 0.5) is 5.82 Å². The fourth-order valence-corrected chi connectivity index (χ4v) is 7.65. The van der Waals surface area contributed by atoms with E-state index in [0.29, 0.717) is 5.52 Å². The van der Waals surface area contributed by atoms with Gasteiger partial charge in [0.15, 0.2) is 29.2 Å². The SMILES string of the molecule is Cc1cc2nc3c(=O)[nH]c(=O)nc-3n(CC(O)C(O)C(O)COP(=O)(O)OP(=O)(O)OCC3OC(n4cnc5c(N)ncnc54)C(O)C3O)c2cc1C.O.O. The number of H-pyrrole nitrogens is 1. The summed E-state index contributed by atoms with van der Waals surface area (Å²) in [6.45, 7) is 0.795. The molecule has 3 aliphatic heterocycles. The van der Waals surface area contributed by atoms with Gasteiger partial charge in [0, 0.05) is 0 Å². The Morgan fingerprint density at radius 3 is 2.35 bits per heavy atom. The van der Waals surface area contributed by atoms with Gasteiger partial charge in [-0.05, 0) is 37.1 Å². The Labute approximate surface area is 306 Å². The molecule has 0 spiro atoms. The highest BCUT2D eigenvalue weighted by molar-refractivity contribution is 7.61. The molecule has 0 saturated carbocycles. The molecule has 5 heterocycles. The Kier molecular flexibility index (Phi) is 13.0. The van der Waals surface area contributed by atoms with Crippen LogP contribution in [-0.4, -0.2) is 135 Å². The van der Waals surface area contributed by atoms with Crippen molar-refractivity contribution in [3.63, 3.8) is 0 Å². The number of fused-ring (bicyclic) bond motifs is 3. The minimum atomic E-state index is -5.54. The summed E-state index contributed by atoms with van der Waals surface area (Å²) < 4.78 is 46.6. The highest BCUT2D eigenvalue weighted by atomic mass is 31.3. The lowest BCUT2D eigenvalue weighted by Gasteiger charge is -2.26. The smallest absolute Gasteiger partial charge is 0.412 e. The van der Waals surface area contributed by atoms with E-state index in [0.717, 1.165) is 17.5 Å². The summed E-state index contributed by atoms with van der Waals surface area (Å²) in [6, 6.07) is 3.29. The third-order valence-corrected chi connectivity index (χ3v) is 11.0. The van der Waals surface area contributed by atoms with Crippen LogP contribution in [-0.2, 0) is 33.8 Å². The second-order valence-electron chi connectivity index (χ2n) is 12.1. The first-order chi connectivity index (χ1) is 24.9. The molecule has 0 amide bonds. The molecule has 2 aromatic heterocycles. The number of nitrogens with two attached hydrogens (primary N) is 1. The van der Waals surface area contributed by atoms with Gasteiger partial charge in [-0.1, -0.05) is 0 Å². The number of phosphoric ester groups is 2. The van der Waals surface area contributed by atoms with Crippen molar-refractivity contribution < 1.29 is 73.5 Å². The lowest BCUT2D eigenvalue weighted by molar-refractivity contribution is -0.0794. The normalized spacial score (nSPS) is 22.4. The topological polar surface area (TPSA) is 426 Å². The van der Waals surface area contributed by atoms with E-state index in [1.54, 1.807) is 26.0 Å². The molecular formula is C27H37N9O17P2.